The molecule has 1 aromatic carbocycles. The van der Waals surface area contributed by atoms with Gasteiger partial charge in [0.2, 0.25) is 0 Å². The number of benzene rings is 1. The van der Waals surface area contributed by atoms with Crippen LogP contribution in [0.4, 0.5) is 16.2 Å². The fourth-order valence-electron chi connectivity index (χ4n) is 3.91. The molecule has 1 aromatic rings. The Hall–Kier alpha value is -3.75. The number of piperidine rings is 1. The summed E-state index contributed by atoms with van der Waals surface area (Å²) in [6, 6.07) is 7.54. The molecule has 1 fully saturated rings. The molecule has 2 aliphatic rings. The Morgan fingerprint density at radius 2 is 1.69 bits per heavy atom. The van der Waals surface area contributed by atoms with Crippen LogP contribution in [0.15, 0.2) is 60.0 Å². The molecule has 188 valence electrons. The number of anilines is 2. The molecule has 0 radical (unpaired) electrons. The van der Waals surface area contributed by atoms with Crippen molar-refractivity contribution in [3.63, 3.8) is 0 Å². The Balaban J connectivity index is 1.76. The quantitative estimate of drug-likeness (QED) is 0.496. The smallest absolute Gasteiger partial charge is 0.410 e. The maximum absolute atomic E-state index is 12.6. The first-order chi connectivity index (χ1) is 16.6. The number of ether oxygens (including phenoxy) is 3. The topological polar surface area (TPSA) is 97.4 Å². The highest BCUT2D eigenvalue weighted by Crippen LogP contribution is 2.28. The second-order valence-electron chi connectivity index (χ2n) is 9.27. The number of carbonyl (C=O) groups is 3. The third-order valence-electron chi connectivity index (χ3n) is 5.48. The van der Waals surface area contributed by atoms with Crippen LogP contribution in [-0.4, -0.2) is 61.9 Å². The van der Waals surface area contributed by atoms with Gasteiger partial charge in [-0.1, -0.05) is 6.08 Å². The average molecular weight is 484 g/mol. The van der Waals surface area contributed by atoms with Crippen molar-refractivity contribution in [2.24, 2.45) is 0 Å². The standard InChI is InChI=1S/C26H33N3O6/c1-26(2,3)35-25(32)28-15-8-9-19(17-28)27-18-11-13-20(14-12-18)29-16-7-6-10-21(23(30)33-4)22(29)24(31)34-5/h6-7,10-14,16,19,27H,8-9,15,17H2,1-5H3. The number of methoxy groups -OCH3 is 2. The van der Waals surface area contributed by atoms with Crippen LogP contribution in [0.3, 0.4) is 0 Å². The number of hydrogen-bond acceptors (Lipinski definition) is 8. The van der Waals surface area contributed by atoms with Gasteiger partial charge >= 0.3 is 18.0 Å². The Labute approximate surface area is 206 Å². The first kappa shape index (κ1) is 25.9. The highest BCUT2D eigenvalue weighted by Gasteiger charge is 2.29. The molecule has 0 saturated carbocycles. The number of esters is 2. The van der Waals surface area contributed by atoms with Crippen LogP contribution in [0.25, 0.3) is 0 Å². The third kappa shape index (κ3) is 6.65. The lowest BCUT2D eigenvalue weighted by Crippen LogP contribution is -2.46. The molecular weight excluding hydrogens is 450 g/mol. The molecule has 1 N–H and O–H groups in total. The van der Waals surface area contributed by atoms with E-state index in [4.69, 9.17) is 14.2 Å². The van der Waals surface area contributed by atoms with Gasteiger partial charge in [-0.3, -0.25) is 0 Å². The SMILES string of the molecule is COC(=O)C1=C(C(=O)OC)N(c2ccc(NC3CCCN(C(=O)OC(C)(C)C)C3)cc2)C=CC=C1. The van der Waals surface area contributed by atoms with Crippen molar-refractivity contribution in [3.05, 3.63) is 60.0 Å². The molecule has 2 aliphatic heterocycles. The molecule has 0 aromatic heterocycles. The molecule has 35 heavy (non-hydrogen) atoms. The minimum Gasteiger partial charge on any atom is -0.465 e. The molecule has 9 heteroatoms. The fourth-order valence-corrected chi connectivity index (χ4v) is 3.91. The second kappa shape index (κ2) is 11.1. The monoisotopic (exact) mass is 483 g/mol. The number of rotatable bonds is 5. The normalized spacial score (nSPS) is 18.1. The maximum Gasteiger partial charge on any atom is 0.410 e. The van der Waals surface area contributed by atoms with Crippen molar-refractivity contribution < 1.29 is 28.6 Å². The van der Waals surface area contributed by atoms with E-state index in [2.05, 4.69) is 5.32 Å². The average Bonchev–Trinajstić information content (AvgIpc) is 3.06. The van der Waals surface area contributed by atoms with E-state index < -0.39 is 17.5 Å². The van der Waals surface area contributed by atoms with Crippen LogP contribution in [-0.2, 0) is 23.8 Å². The summed E-state index contributed by atoms with van der Waals surface area (Å²) in [6.07, 6.45) is 8.08. The highest BCUT2D eigenvalue weighted by atomic mass is 16.6. The van der Waals surface area contributed by atoms with Gasteiger partial charge in [-0.25, -0.2) is 14.4 Å². The van der Waals surface area contributed by atoms with Crippen LogP contribution in [0.2, 0.25) is 0 Å². The van der Waals surface area contributed by atoms with Crippen LogP contribution in [0, 0.1) is 0 Å². The number of carbonyl (C=O) groups excluding carboxylic acids is 3. The number of nitrogens with one attached hydrogen (secondary N) is 1. The van der Waals surface area contributed by atoms with Crippen molar-refractivity contribution in [1.29, 1.82) is 0 Å². The summed E-state index contributed by atoms with van der Waals surface area (Å²) >= 11 is 0. The summed E-state index contributed by atoms with van der Waals surface area (Å²) in [6.45, 7) is 6.80. The van der Waals surface area contributed by atoms with Gasteiger partial charge in [-0.2, -0.15) is 0 Å². The summed E-state index contributed by atoms with van der Waals surface area (Å²) in [7, 11) is 2.52. The zero-order valence-electron chi connectivity index (χ0n) is 20.9. The van der Waals surface area contributed by atoms with E-state index in [-0.39, 0.29) is 23.4 Å². The Bertz CT molecular complexity index is 1040. The third-order valence-corrected chi connectivity index (χ3v) is 5.48. The lowest BCUT2D eigenvalue weighted by molar-refractivity contribution is -0.139. The number of hydrogen-bond donors (Lipinski definition) is 1. The van der Waals surface area contributed by atoms with E-state index in [9.17, 15) is 14.4 Å². The van der Waals surface area contributed by atoms with Crippen molar-refractivity contribution in [3.8, 4) is 0 Å². The summed E-state index contributed by atoms with van der Waals surface area (Å²) in [5, 5.41) is 3.48. The number of likely N-dealkylation sites (tertiary alicyclic amines) is 1. The summed E-state index contributed by atoms with van der Waals surface area (Å²) in [5.41, 5.74) is 1.16. The lowest BCUT2D eigenvalue weighted by Gasteiger charge is -2.35. The van der Waals surface area contributed by atoms with E-state index in [1.807, 2.05) is 45.0 Å². The van der Waals surface area contributed by atoms with E-state index in [1.165, 1.54) is 20.3 Å². The number of allylic oxidation sites excluding steroid dienone is 2. The minimum absolute atomic E-state index is 0.0605. The van der Waals surface area contributed by atoms with Gasteiger partial charge < -0.3 is 29.3 Å². The summed E-state index contributed by atoms with van der Waals surface area (Å²) in [4.78, 5) is 40.7. The second-order valence-corrected chi connectivity index (χ2v) is 9.27. The first-order valence-corrected chi connectivity index (χ1v) is 11.5. The highest BCUT2D eigenvalue weighted by molar-refractivity contribution is 6.05. The van der Waals surface area contributed by atoms with Gasteiger partial charge in [0.05, 0.1) is 19.8 Å². The largest absolute Gasteiger partial charge is 0.465 e. The molecule has 1 atom stereocenters. The predicted molar refractivity (Wildman–Crippen MR) is 133 cm³/mol. The molecular formula is C26H33N3O6. The minimum atomic E-state index is -0.659. The van der Waals surface area contributed by atoms with Gasteiger partial charge in [0.1, 0.15) is 11.3 Å². The number of amides is 1. The van der Waals surface area contributed by atoms with Gasteiger partial charge in [0.25, 0.3) is 0 Å². The van der Waals surface area contributed by atoms with Crippen molar-refractivity contribution in [2.45, 2.75) is 45.3 Å². The lowest BCUT2D eigenvalue weighted by atomic mass is 10.1. The van der Waals surface area contributed by atoms with E-state index in [0.29, 0.717) is 18.8 Å². The molecule has 9 nitrogen and oxygen atoms in total. The first-order valence-electron chi connectivity index (χ1n) is 11.5. The van der Waals surface area contributed by atoms with Crippen molar-refractivity contribution in [1.82, 2.24) is 4.90 Å². The molecule has 1 amide bonds. The predicted octanol–water partition coefficient (Wildman–Crippen LogP) is 3.99. The van der Waals surface area contributed by atoms with Crippen LogP contribution >= 0.6 is 0 Å². The Morgan fingerprint density at radius 1 is 1.00 bits per heavy atom. The molecule has 1 unspecified atom stereocenters. The number of nitrogens with zero attached hydrogens (tertiary/aromatic N) is 2. The van der Waals surface area contributed by atoms with Gasteiger partial charge in [-0.05, 0) is 70.0 Å². The molecule has 0 bridgehead atoms. The molecule has 3 rings (SSSR count). The molecule has 0 spiro atoms. The zero-order valence-corrected chi connectivity index (χ0v) is 20.9. The summed E-state index contributed by atoms with van der Waals surface area (Å²) < 4.78 is 15.3. The Morgan fingerprint density at radius 3 is 2.31 bits per heavy atom. The fraction of sp³-hybridized carbons (Fsp3) is 0.423. The maximum atomic E-state index is 12.6. The van der Waals surface area contributed by atoms with Gasteiger partial charge in [0, 0.05) is 36.7 Å². The van der Waals surface area contributed by atoms with E-state index in [0.717, 1.165) is 18.5 Å². The van der Waals surface area contributed by atoms with E-state index in [1.54, 1.807) is 28.2 Å². The zero-order chi connectivity index (χ0) is 25.6. The van der Waals surface area contributed by atoms with Crippen LogP contribution in [0.5, 0.6) is 0 Å². The van der Waals surface area contributed by atoms with Crippen LogP contribution < -0.4 is 10.2 Å². The van der Waals surface area contributed by atoms with Crippen molar-refractivity contribution >= 4 is 29.4 Å². The van der Waals surface area contributed by atoms with Crippen LogP contribution in [0.1, 0.15) is 33.6 Å². The van der Waals surface area contributed by atoms with E-state index >= 15 is 0 Å². The Kier molecular flexibility index (Phi) is 8.22. The molecule has 0 aliphatic carbocycles. The van der Waals surface area contributed by atoms with Gasteiger partial charge in [-0.15, -0.1) is 0 Å². The molecule has 2 heterocycles. The van der Waals surface area contributed by atoms with Crippen molar-refractivity contribution in [2.75, 3.05) is 37.5 Å². The summed E-state index contributed by atoms with van der Waals surface area (Å²) in [5.74, 6) is -1.30. The molecule has 1 saturated heterocycles. The van der Waals surface area contributed by atoms with Gasteiger partial charge in [0.15, 0.2) is 0 Å².